The van der Waals surface area contributed by atoms with Crippen LogP contribution in [0.3, 0.4) is 0 Å². The van der Waals surface area contributed by atoms with Crippen LogP contribution in [0, 0.1) is 0 Å². The third kappa shape index (κ3) is 4.42. The topological polar surface area (TPSA) is 67.2 Å². The molecule has 0 bridgehead atoms. The predicted molar refractivity (Wildman–Crippen MR) is 112 cm³/mol. The van der Waals surface area contributed by atoms with Gasteiger partial charge in [-0.1, -0.05) is 31.5 Å². The molecule has 1 N–H and O–H groups in total. The molecule has 6 nitrogen and oxygen atoms in total. The van der Waals surface area contributed by atoms with Crippen molar-refractivity contribution in [3.63, 3.8) is 0 Å². The van der Waals surface area contributed by atoms with Gasteiger partial charge in [-0.05, 0) is 36.9 Å². The van der Waals surface area contributed by atoms with Crippen molar-refractivity contribution in [2.45, 2.75) is 39.3 Å². The summed E-state index contributed by atoms with van der Waals surface area (Å²) in [6.45, 7) is 4.95. The second kappa shape index (κ2) is 9.01. The number of aromatic nitrogens is 2. The predicted octanol–water partition coefficient (Wildman–Crippen LogP) is 3.85. The van der Waals surface area contributed by atoms with E-state index >= 15 is 0 Å². The summed E-state index contributed by atoms with van der Waals surface area (Å²) in [7, 11) is 1.83. The number of rotatable bonds is 8. The Balaban J connectivity index is 1.86. The van der Waals surface area contributed by atoms with Gasteiger partial charge < -0.3 is 14.8 Å². The molecule has 2 aromatic heterocycles. The maximum atomic E-state index is 12.7. The fourth-order valence-corrected chi connectivity index (χ4v) is 3.73. The van der Waals surface area contributed by atoms with Crippen LogP contribution in [0.2, 0.25) is 0 Å². The summed E-state index contributed by atoms with van der Waals surface area (Å²) in [6, 6.07) is 11.1. The molecule has 0 saturated heterocycles. The molecule has 1 unspecified atom stereocenters. The second-order valence-electron chi connectivity index (χ2n) is 6.89. The van der Waals surface area contributed by atoms with E-state index in [0.717, 1.165) is 30.4 Å². The number of benzene rings is 1. The molecular weight excluding hydrogens is 372 g/mol. The van der Waals surface area contributed by atoms with Crippen molar-refractivity contribution in [3.8, 4) is 0 Å². The molecular formula is C21H26N4O2S. The first-order valence-electron chi connectivity index (χ1n) is 9.54. The molecule has 7 heteroatoms. The first-order chi connectivity index (χ1) is 13.5. The summed E-state index contributed by atoms with van der Waals surface area (Å²) in [5.74, 6) is 0.588. The number of likely N-dealkylation sites (N-methyl/N-ethyl adjacent to an activating group) is 1. The largest absolute Gasteiger partial charge is 0.344 e. The van der Waals surface area contributed by atoms with Crippen molar-refractivity contribution in [2.24, 2.45) is 0 Å². The number of amides is 2. The molecule has 28 heavy (non-hydrogen) atoms. The Labute approximate surface area is 169 Å². The molecule has 0 aliphatic heterocycles. The van der Waals surface area contributed by atoms with Gasteiger partial charge in [0.2, 0.25) is 5.91 Å². The Morgan fingerprint density at radius 1 is 1.25 bits per heavy atom. The highest BCUT2D eigenvalue weighted by Crippen LogP contribution is 2.22. The monoisotopic (exact) mass is 398 g/mol. The van der Waals surface area contributed by atoms with Gasteiger partial charge >= 0.3 is 0 Å². The summed E-state index contributed by atoms with van der Waals surface area (Å²) in [4.78, 5) is 32.3. The van der Waals surface area contributed by atoms with Crippen LogP contribution in [-0.2, 0) is 11.3 Å². The molecule has 0 saturated carbocycles. The van der Waals surface area contributed by atoms with Gasteiger partial charge in [-0.15, -0.1) is 11.3 Å². The SMILES string of the molecule is CCCCN(C)C(=O)Cn1c(C(C)NC(=O)c2cccs2)nc2ccccc21. The number of carbonyl (C=O) groups is 2. The minimum Gasteiger partial charge on any atom is -0.344 e. The second-order valence-corrected chi connectivity index (χ2v) is 7.83. The zero-order valence-corrected chi connectivity index (χ0v) is 17.3. The number of thiophene rings is 1. The number of fused-ring (bicyclic) bond motifs is 1. The van der Waals surface area contributed by atoms with Crippen molar-refractivity contribution in [2.75, 3.05) is 13.6 Å². The first kappa shape index (κ1) is 20.1. The van der Waals surface area contributed by atoms with Crippen molar-refractivity contribution in [1.82, 2.24) is 19.8 Å². The number of hydrogen-bond donors (Lipinski definition) is 1. The van der Waals surface area contributed by atoms with Gasteiger partial charge in [-0.2, -0.15) is 0 Å². The minimum atomic E-state index is -0.323. The molecule has 0 radical (unpaired) electrons. The number of nitrogens with zero attached hydrogens (tertiary/aromatic N) is 3. The third-order valence-corrected chi connectivity index (χ3v) is 5.60. The van der Waals surface area contributed by atoms with Crippen LogP contribution in [-0.4, -0.2) is 39.9 Å². The van der Waals surface area contributed by atoms with E-state index in [4.69, 9.17) is 4.98 Å². The molecule has 2 amide bonds. The zero-order chi connectivity index (χ0) is 20.1. The van der Waals surface area contributed by atoms with Gasteiger partial charge in [0.1, 0.15) is 12.4 Å². The number of unbranched alkanes of at least 4 members (excludes halogenated alkanes) is 1. The van der Waals surface area contributed by atoms with E-state index in [1.165, 1.54) is 11.3 Å². The average Bonchev–Trinajstić information content (AvgIpc) is 3.34. The van der Waals surface area contributed by atoms with E-state index in [1.807, 2.05) is 54.3 Å². The summed E-state index contributed by atoms with van der Waals surface area (Å²) >= 11 is 1.40. The Morgan fingerprint density at radius 2 is 2.04 bits per heavy atom. The molecule has 3 rings (SSSR count). The smallest absolute Gasteiger partial charge is 0.261 e. The Morgan fingerprint density at radius 3 is 2.75 bits per heavy atom. The molecule has 0 fully saturated rings. The zero-order valence-electron chi connectivity index (χ0n) is 16.5. The van der Waals surface area contributed by atoms with Crippen LogP contribution in [0.15, 0.2) is 41.8 Å². The van der Waals surface area contributed by atoms with E-state index in [2.05, 4.69) is 12.2 Å². The van der Waals surface area contributed by atoms with Crippen molar-refractivity contribution >= 4 is 34.2 Å². The standard InChI is InChI=1S/C21H26N4O2S/c1-4-5-12-24(3)19(26)14-25-17-10-7-6-9-16(17)23-20(25)15(2)22-21(27)18-11-8-13-28-18/h6-11,13,15H,4-5,12,14H2,1-3H3,(H,22,27). The number of nitrogens with one attached hydrogen (secondary N) is 1. The summed E-state index contributed by atoms with van der Waals surface area (Å²) in [5, 5.41) is 4.87. The van der Waals surface area contributed by atoms with E-state index in [1.54, 1.807) is 11.0 Å². The molecule has 148 valence electrons. The van der Waals surface area contributed by atoms with Crippen LogP contribution in [0.1, 0.15) is 48.2 Å². The molecule has 3 aromatic rings. The maximum absolute atomic E-state index is 12.7. The maximum Gasteiger partial charge on any atom is 0.261 e. The molecule has 1 atom stereocenters. The van der Waals surface area contributed by atoms with Crippen molar-refractivity contribution < 1.29 is 9.59 Å². The van der Waals surface area contributed by atoms with E-state index in [-0.39, 0.29) is 24.4 Å². The lowest BCUT2D eigenvalue weighted by Crippen LogP contribution is -2.33. The highest BCUT2D eigenvalue weighted by Gasteiger charge is 2.21. The lowest BCUT2D eigenvalue weighted by molar-refractivity contribution is -0.130. The molecule has 0 aliphatic carbocycles. The summed E-state index contributed by atoms with van der Waals surface area (Å²) in [6.07, 6.45) is 2.02. The number of imidazole rings is 1. The van der Waals surface area contributed by atoms with Gasteiger partial charge in [0, 0.05) is 13.6 Å². The fraction of sp³-hybridized carbons (Fsp3) is 0.381. The van der Waals surface area contributed by atoms with Crippen LogP contribution in [0.4, 0.5) is 0 Å². The number of hydrogen-bond acceptors (Lipinski definition) is 4. The van der Waals surface area contributed by atoms with Crippen LogP contribution < -0.4 is 5.32 Å². The van der Waals surface area contributed by atoms with Crippen LogP contribution in [0.25, 0.3) is 11.0 Å². The highest BCUT2D eigenvalue weighted by atomic mass is 32.1. The van der Waals surface area contributed by atoms with Gasteiger partial charge in [0.25, 0.3) is 5.91 Å². The normalized spacial score (nSPS) is 12.1. The Hall–Kier alpha value is -2.67. The van der Waals surface area contributed by atoms with Gasteiger partial charge in [-0.25, -0.2) is 4.98 Å². The first-order valence-corrected chi connectivity index (χ1v) is 10.4. The Kier molecular flexibility index (Phi) is 6.46. The Bertz CT molecular complexity index is 949. The van der Waals surface area contributed by atoms with Crippen LogP contribution >= 0.6 is 11.3 Å². The number of para-hydroxylation sites is 2. The average molecular weight is 399 g/mol. The third-order valence-electron chi connectivity index (χ3n) is 4.73. The molecule has 2 heterocycles. The van der Waals surface area contributed by atoms with E-state index < -0.39 is 0 Å². The minimum absolute atomic E-state index is 0.0367. The van der Waals surface area contributed by atoms with Crippen molar-refractivity contribution in [3.05, 3.63) is 52.5 Å². The molecule has 0 spiro atoms. The van der Waals surface area contributed by atoms with Gasteiger partial charge in [-0.3, -0.25) is 9.59 Å². The number of carbonyl (C=O) groups excluding carboxylic acids is 2. The summed E-state index contributed by atoms with van der Waals surface area (Å²) in [5.41, 5.74) is 1.71. The lowest BCUT2D eigenvalue weighted by Gasteiger charge is -2.20. The summed E-state index contributed by atoms with van der Waals surface area (Å²) < 4.78 is 1.92. The van der Waals surface area contributed by atoms with Gasteiger partial charge in [0.15, 0.2) is 0 Å². The molecule has 1 aromatic carbocycles. The lowest BCUT2D eigenvalue weighted by atomic mass is 10.2. The van der Waals surface area contributed by atoms with Gasteiger partial charge in [0.05, 0.1) is 22.0 Å². The van der Waals surface area contributed by atoms with E-state index in [0.29, 0.717) is 10.7 Å². The quantitative estimate of drug-likeness (QED) is 0.627. The fourth-order valence-electron chi connectivity index (χ4n) is 3.11. The van der Waals surface area contributed by atoms with Crippen LogP contribution in [0.5, 0.6) is 0 Å². The van der Waals surface area contributed by atoms with E-state index in [9.17, 15) is 9.59 Å². The highest BCUT2D eigenvalue weighted by molar-refractivity contribution is 7.12. The van der Waals surface area contributed by atoms with Crippen molar-refractivity contribution in [1.29, 1.82) is 0 Å². The molecule has 0 aliphatic rings.